The summed E-state index contributed by atoms with van der Waals surface area (Å²) in [6.45, 7) is 1.64. The van der Waals surface area contributed by atoms with Crippen molar-refractivity contribution >= 4 is 52.3 Å². The first kappa shape index (κ1) is 28.5. The summed E-state index contributed by atoms with van der Waals surface area (Å²) >= 11 is 6.12. The summed E-state index contributed by atoms with van der Waals surface area (Å²) in [6.07, 6.45) is -4.44. The number of ether oxygens (including phenoxy) is 1. The number of carbonyl (C=O) groups is 1. The highest BCUT2D eigenvalue weighted by atomic mass is 35.5. The van der Waals surface area contributed by atoms with Crippen LogP contribution in [0.25, 0.3) is 0 Å². The van der Waals surface area contributed by atoms with Gasteiger partial charge in [-0.15, -0.1) is 0 Å². The predicted octanol–water partition coefficient (Wildman–Crippen LogP) is 7.65. The number of hydrogen-bond acceptors (Lipinski definition) is 6. The molecule has 3 aromatic rings. The summed E-state index contributed by atoms with van der Waals surface area (Å²) in [6, 6.07) is 21.3. The fourth-order valence-corrected chi connectivity index (χ4v) is 3.47. The van der Waals surface area contributed by atoms with Crippen molar-refractivity contribution in [3.8, 4) is 0 Å². The minimum atomic E-state index is -4.81. The number of hydrogen-bond donors (Lipinski definition) is 2. The lowest BCUT2D eigenvalue weighted by Crippen LogP contribution is -2.25. The molecule has 0 heterocycles. The number of halogens is 4. The molecule has 6 nitrogen and oxygen atoms in total. The second-order valence-electron chi connectivity index (χ2n) is 8.20. The first-order valence-electron chi connectivity index (χ1n) is 11.4. The number of esters is 1. The maximum Gasteiger partial charge on any atom is 0.429 e. The zero-order chi connectivity index (χ0) is 27.7. The van der Waals surface area contributed by atoms with E-state index in [4.69, 9.17) is 27.2 Å². The quantitative estimate of drug-likeness (QED) is 0.204. The molecular weight excluding hydrogens is 517 g/mol. The number of nitrogens with one attached hydrogen (secondary N) is 2. The molecule has 0 aliphatic carbocycles. The van der Waals surface area contributed by atoms with Gasteiger partial charge in [0, 0.05) is 18.3 Å². The summed E-state index contributed by atoms with van der Waals surface area (Å²) < 4.78 is 44.6. The Morgan fingerprint density at radius 3 is 2.18 bits per heavy atom. The average Bonchev–Trinajstić information content (AvgIpc) is 2.89. The van der Waals surface area contributed by atoms with E-state index in [1.165, 1.54) is 24.3 Å². The van der Waals surface area contributed by atoms with E-state index in [1.54, 1.807) is 31.2 Å². The topological polar surface area (TPSA) is 98.7 Å². The van der Waals surface area contributed by atoms with Gasteiger partial charge in [0.05, 0.1) is 33.6 Å². The van der Waals surface area contributed by atoms with Gasteiger partial charge in [0.25, 0.3) is 0 Å². The maximum atomic E-state index is 13.1. The lowest BCUT2D eigenvalue weighted by molar-refractivity contribution is -0.0605. The molecule has 0 amide bonds. The van der Waals surface area contributed by atoms with Crippen LogP contribution in [0.2, 0.25) is 5.02 Å². The molecule has 0 bridgehead atoms. The molecular formula is C28H24ClF3N4O2. The predicted molar refractivity (Wildman–Crippen MR) is 144 cm³/mol. The fourth-order valence-electron chi connectivity index (χ4n) is 3.29. The van der Waals surface area contributed by atoms with Crippen molar-refractivity contribution in [2.24, 2.45) is 15.9 Å². The Kier molecular flexibility index (Phi) is 9.67. The summed E-state index contributed by atoms with van der Waals surface area (Å²) in [7, 11) is 0. The van der Waals surface area contributed by atoms with Crippen LogP contribution in [0.3, 0.4) is 0 Å². The van der Waals surface area contributed by atoms with Crippen LogP contribution in [0.5, 0.6) is 0 Å². The van der Waals surface area contributed by atoms with E-state index in [0.717, 1.165) is 6.21 Å². The van der Waals surface area contributed by atoms with Crippen molar-refractivity contribution in [3.05, 3.63) is 95.0 Å². The Morgan fingerprint density at radius 1 is 0.974 bits per heavy atom. The molecule has 3 rings (SSSR count). The zero-order valence-electron chi connectivity index (χ0n) is 20.3. The first-order chi connectivity index (χ1) is 18.1. The van der Waals surface area contributed by atoms with E-state index in [0.29, 0.717) is 17.0 Å². The highest BCUT2D eigenvalue weighted by Crippen LogP contribution is 2.27. The van der Waals surface area contributed by atoms with E-state index in [1.807, 2.05) is 30.3 Å². The third kappa shape index (κ3) is 7.94. The Morgan fingerprint density at radius 2 is 1.58 bits per heavy atom. The third-order valence-electron chi connectivity index (χ3n) is 5.44. The van der Waals surface area contributed by atoms with Crippen molar-refractivity contribution in [1.29, 1.82) is 10.8 Å². The van der Waals surface area contributed by atoms with Gasteiger partial charge >= 0.3 is 12.1 Å². The number of para-hydroxylation sites is 2. The average molecular weight is 541 g/mol. The number of rotatable bonds is 10. The van der Waals surface area contributed by atoms with E-state index in [2.05, 4.69) is 9.98 Å². The van der Waals surface area contributed by atoms with Crippen molar-refractivity contribution in [2.45, 2.75) is 19.5 Å². The van der Waals surface area contributed by atoms with Gasteiger partial charge in [-0.25, -0.2) is 4.79 Å². The molecule has 2 N–H and O–H groups in total. The van der Waals surface area contributed by atoms with E-state index < -0.39 is 30.2 Å². The molecule has 0 spiro atoms. The molecule has 3 aromatic carbocycles. The van der Waals surface area contributed by atoms with Crippen molar-refractivity contribution in [2.75, 3.05) is 6.61 Å². The lowest BCUT2D eigenvalue weighted by Gasteiger charge is -2.13. The van der Waals surface area contributed by atoms with Crippen LogP contribution < -0.4 is 0 Å². The Balaban J connectivity index is 1.76. The SMILES string of the molecule is CC(=Nc1ccccc1)C(C=N)COC(=O)c1ccc(C(CC(=N)C(F)(F)F)=Nc2ccccc2Cl)cc1. The molecule has 10 heteroatoms. The molecule has 196 valence electrons. The molecule has 0 saturated heterocycles. The van der Waals surface area contributed by atoms with Crippen LogP contribution in [0.1, 0.15) is 29.3 Å². The zero-order valence-corrected chi connectivity index (χ0v) is 21.1. The summed E-state index contributed by atoms with van der Waals surface area (Å²) in [4.78, 5) is 21.3. The maximum absolute atomic E-state index is 13.1. The van der Waals surface area contributed by atoms with Gasteiger partial charge in [-0.2, -0.15) is 13.2 Å². The van der Waals surface area contributed by atoms with E-state index in [-0.39, 0.29) is 28.6 Å². The van der Waals surface area contributed by atoms with Gasteiger partial charge in [0.2, 0.25) is 0 Å². The summed E-state index contributed by atoms with van der Waals surface area (Å²) in [5.41, 5.74) is 0.534. The van der Waals surface area contributed by atoms with Crippen LogP contribution in [0, 0.1) is 16.7 Å². The molecule has 1 unspecified atom stereocenters. The van der Waals surface area contributed by atoms with Gasteiger partial charge in [-0.3, -0.25) is 9.98 Å². The molecule has 0 fully saturated rings. The number of carbonyl (C=O) groups excluding carboxylic acids is 1. The first-order valence-corrected chi connectivity index (χ1v) is 11.8. The minimum Gasteiger partial charge on any atom is -0.461 e. The Labute approximate surface area is 222 Å². The fraction of sp³-hybridized carbons (Fsp3) is 0.179. The van der Waals surface area contributed by atoms with Crippen molar-refractivity contribution in [1.82, 2.24) is 0 Å². The minimum absolute atomic E-state index is 0.0306. The van der Waals surface area contributed by atoms with Crippen molar-refractivity contribution in [3.63, 3.8) is 0 Å². The number of benzene rings is 3. The van der Waals surface area contributed by atoms with Gasteiger partial charge in [-0.1, -0.05) is 54.1 Å². The molecule has 0 aromatic heterocycles. The van der Waals surface area contributed by atoms with Gasteiger partial charge < -0.3 is 15.6 Å². The second-order valence-corrected chi connectivity index (χ2v) is 8.61. The normalized spacial score (nSPS) is 13.1. The molecule has 0 aliphatic heterocycles. The Hall–Kier alpha value is -4.11. The summed E-state index contributed by atoms with van der Waals surface area (Å²) in [5.74, 6) is -1.19. The largest absolute Gasteiger partial charge is 0.461 e. The van der Waals surface area contributed by atoms with Crippen LogP contribution in [-0.4, -0.2) is 42.1 Å². The highest BCUT2D eigenvalue weighted by molar-refractivity contribution is 6.33. The van der Waals surface area contributed by atoms with E-state index in [9.17, 15) is 18.0 Å². The second kappa shape index (κ2) is 12.9. The lowest BCUT2D eigenvalue weighted by atomic mass is 10.0. The van der Waals surface area contributed by atoms with Gasteiger partial charge in [0.1, 0.15) is 12.3 Å². The van der Waals surface area contributed by atoms with Crippen LogP contribution in [0.15, 0.2) is 88.8 Å². The molecule has 0 saturated carbocycles. The van der Waals surface area contributed by atoms with E-state index >= 15 is 0 Å². The molecule has 0 radical (unpaired) electrons. The third-order valence-corrected chi connectivity index (χ3v) is 5.76. The smallest absolute Gasteiger partial charge is 0.429 e. The van der Waals surface area contributed by atoms with Crippen LogP contribution >= 0.6 is 11.6 Å². The molecule has 0 aliphatic rings. The Bertz CT molecular complexity index is 1350. The van der Waals surface area contributed by atoms with Gasteiger partial charge in [0.15, 0.2) is 0 Å². The highest BCUT2D eigenvalue weighted by Gasteiger charge is 2.35. The van der Waals surface area contributed by atoms with Crippen LogP contribution in [0.4, 0.5) is 24.5 Å². The number of alkyl halides is 3. The number of nitrogens with zero attached hydrogens (tertiary/aromatic N) is 2. The number of aliphatic imine (C=N–C) groups is 2. The standard InChI is InChI=1S/C28H24ClF3N4O2/c1-18(35-22-7-3-2-4-8-22)21(16-33)17-38-27(37)20-13-11-19(12-14-20)25(15-26(34)28(30,31)32)36-24-10-6-5-9-23(24)29/h2-14,16,21,33-34H,15,17H2,1H3. The monoisotopic (exact) mass is 540 g/mol. The van der Waals surface area contributed by atoms with Crippen molar-refractivity contribution < 1.29 is 22.7 Å². The summed E-state index contributed by atoms with van der Waals surface area (Å²) in [5, 5.41) is 15.3. The molecule has 38 heavy (non-hydrogen) atoms. The molecule has 1 atom stereocenters. The van der Waals surface area contributed by atoms with Gasteiger partial charge in [-0.05, 0) is 48.9 Å². The van der Waals surface area contributed by atoms with Crippen LogP contribution in [-0.2, 0) is 4.74 Å².